The summed E-state index contributed by atoms with van der Waals surface area (Å²) in [7, 11) is -4.15. The van der Waals surface area contributed by atoms with Gasteiger partial charge in [0.05, 0.1) is 16.9 Å². The average Bonchev–Trinajstić information content (AvgIpc) is 2.45. The Morgan fingerprint density at radius 3 is 2.61 bits per heavy atom. The Labute approximate surface area is 134 Å². The van der Waals surface area contributed by atoms with E-state index in [1.165, 1.54) is 11.0 Å². The molecule has 4 N–H and O–H groups in total. The molecule has 23 heavy (non-hydrogen) atoms. The Morgan fingerprint density at radius 1 is 1.43 bits per heavy atom. The maximum absolute atomic E-state index is 12.4. The van der Waals surface area contributed by atoms with Gasteiger partial charge >= 0.3 is 5.97 Å². The Balaban J connectivity index is 2.72. The summed E-state index contributed by atoms with van der Waals surface area (Å²) < 4.78 is 23.7. The van der Waals surface area contributed by atoms with Crippen LogP contribution in [0.1, 0.15) is 37.0 Å². The van der Waals surface area contributed by atoms with Gasteiger partial charge in [0.1, 0.15) is 10.9 Å². The van der Waals surface area contributed by atoms with Crippen LogP contribution in [0.4, 0.5) is 11.4 Å². The molecule has 1 amide bonds. The van der Waals surface area contributed by atoms with Gasteiger partial charge in [0.25, 0.3) is 0 Å². The number of amides is 1. The third kappa shape index (κ3) is 3.30. The smallest absolute Gasteiger partial charge is 0.335 e. The van der Waals surface area contributed by atoms with Crippen LogP contribution in [0.15, 0.2) is 17.0 Å². The van der Waals surface area contributed by atoms with E-state index in [9.17, 15) is 23.1 Å². The van der Waals surface area contributed by atoms with E-state index in [4.69, 9.17) is 5.14 Å². The Bertz CT molecular complexity index is 760. The minimum atomic E-state index is -4.15. The predicted molar refractivity (Wildman–Crippen MR) is 85.1 cm³/mol. The number of carbonyl (C=O) groups excluding carboxylic acids is 1. The molecule has 1 aromatic rings. The zero-order valence-electron chi connectivity index (χ0n) is 12.9. The molecule has 1 heterocycles. The molecule has 0 saturated carbocycles. The number of carbonyl (C=O) groups is 2. The highest BCUT2D eigenvalue weighted by atomic mass is 32.2. The van der Waals surface area contributed by atoms with Crippen molar-refractivity contribution in [1.29, 1.82) is 0 Å². The van der Waals surface area contributed by atoms with Gasteiger partial charge in [-0.2, -0.15) is 0 Å². The number of carboxylic acids is 1. The van der Waals surface area contributed by atoms with Crippen molar-refractivity contribution in [3.63, 3.8) is 0 Å². The first kappa shape index (κ1) is 17.2. The van der Waals surface area contributed by atoms with Crippen molar-refractivity contribution in [3.8, 4) is 0 Å². The molecule has 2 rings (SSSR count). The number of anilines is 2. The van der Waals surface area contributed by atoms with Crippen molar-refractivity contribution in [2.45, 2.75) is 37.6 Å². The molecular weight excluding hydrogens is 322 g/mol. The second kappa shape index (κ2) is 6.17. The van der Waals surface area contributed by atoms with E-state index in [0.717, 1.165) is 12.5 Å². The zero-order chi connectivity index (χ0) is 17.4. The van der Waals surface area contributed by atoms with E-state index < -0.39 is 22.0 Å². The lowest BCUT2D eigenvalue weighted by molar-refractivity contribution is -0.119. The van der Waals surface area contributed by atoms with Crippen molar-refractivity contribution in [2.75, 3.05) is 16.8 Å². The first-order chi connectivity index (χ1) is 10.7. The summed E-state index contributed by atoms with van der Waals surface area (Å²) in [4.78, 5) is 24.7. The molecule has 0 unspecified atom stereocenters. The molecule has 0 radical (unpaired) electrons. The summed E-state index contributed by atoms with van der Waals surface area (Å²) in [5.41, 5.74) is 0.157. The summed E-state index contributed by atoms with van der Waals surface area (Å²) in [6, 6.07) is 1.67. The molecular formula is C14H19N3O5S. The van der Waals surface area contributed by atoms with Crippen molar-refractivity contribution in [2.24, 2.45) is 5.14 Å². The van der Waals surface area contributed by atoms with Gasteiger partial charge in [0.15, 0.2) is 0 Å². The van der Waals surface area contributed by atoms with Gasteiger partial charge < -0.3 is 15.3 Å². The van der Waals surface area contributed by atoms with Crippen molar-refractivity contribution in [3.05, 3.63) is 17.7 Å². The molecule has 1 atom stereocenters. The molecule has 126 valence electrons. The Hall–Kier alpha value is -2.13. The van der Waals surface area contributed by atoms with Crippen LogP contribution in [-0.2, 0) is 14.8 Å². The number of benzene rings is 1. The van der Waals surface area contributed by atoms with Gasteiger partial charge in [-0.05, 0) is 25.5 Å². The van der Waals surface area contributed by atoms with Crippen LogP contribution in [0.3, 0.4) is 0 Å². The molecule has 0 aromatic heterocycles. The molecule has 1 aliphatic rings. The molecule has 9 heteroatoms. The maximum atomic E-state index is 12.4. The predicted octanol–water partition coefficient (Wildman–Crippen LogP) is 0.979. The van der Waals surface area contributed by atoms with Crippen LogP contribution in [0.25, 0.3) is 0 Å². The number of fused-ring (bicyclic) bond motifs is 1. The minimum absolute atomic E-state index is 0.167. The van der Waals surface area contributed by atoms with Gasteiger partial charge in [0.2, 0.25) is 15.9 Å². The largest absolute Gasteiger partial charge is 0.478 e. The van der Waals surface area contributed by atoms with Crippen LogP contribution in [0.5, 0.6) is 0 Å². The molecule has 1 aromatic carbocycles. The number of nitrogens with zero attached hydrogens (tertiary/aromatic N) is 1. The molecule has 0 saturated heterocycles. The van der Waals surface area contributed by atoms with Gasteiger partial charge in [-0.3, -0.25) is 4.79 Å². The number of nitrogens with two attached hydrogens (primary N) is 1. The number of sulfonamides is 1. The number of nitrogens with one attached hydrogen (secondary N) is 1. The summed E-state index contributed by atoms with van der Waals surface area (Å²) >= 11 is 0. The van der Waals surface area contributed by atoms with Crippen molar-refractivity contribution >= 4 is 33.3 Å². The molecule has 0 fully saturated rings. The van der Waals surface area contributed by atoms with Crippen molar-refractivity contribution < 1.29 is 23.1 Å². The second-order valence-electron chi connectivity index (χ2n) is 5.43. The summed E-state index contributed by atoms with van der Waals surface area (Å²) in [5, 5.41) is 17.2. The van der Waals surface area contributed by atoms with Crippen LogP contribution in [0, 0.1) is 0 Å². The summed E-state index contributed by atoms with van der Waals surface area (Å²) in [6.07, 6.45) is 1.54. The first-order valence-electron chi connectivity index (χ1n) is 7.18. The van der Waals surface area contributed by atoms with Gasteiger partial charge in [-0.15, -0.1) is 0 Å². The summed E-state index contributed by atoms with van der Waals surface area (Å²) in [6.45, 7) is 3.95. The number of aromatic carboxylic acids is 1. The minimum Gasteiger partial charge on any atom is -0.478 e. The maximum Gasteiger partial charge on any atom is 0.335 e. The second-order valence-corrected chi connectivity index (χ2v) is 6.96. The highest BCUT2D eigenvalue weighted by Crippen LogP contribution is 2.38. The van der Waals surface area contributed by atoms with Crippen LogP contribution < -0.4 is 15.4 Å². The normalized spacial score (nSPS) is 17.6. The third-order valence-corrected chi connectivity index (χ3v) is 4.59. The lowest BCUT2D eigenvalue weighted by Crippen LogP contribution is -2.46. The highest BCUT2D eigenvalue weighted by Gasteiger charge is 2.34. The molecule has 0 aliphatic carbocycles. The standard InChI is InChI=1S/C14H19N3O5S/c1-3-4-5-17-10-6-9(14(19)20)7-11(23(15,21)22)12(10)16-8(2)13(17)18/h6-8,16H,3-5H2,1-2H3,(H,19,20)(H2,15,21,22)/t8-/m1/s1. The molecule has 1 aliphatic heterocycles. The number of hydrogen-bond donors (Lipinski definition) is 3. The fourth-order valence-corrected chi connectivity index (χ4v) is 3.22. The Kier molecular flexibility index (Phi) is 4.62. The van der Waals surface area contributed by atoms with Gasteiger partial charge in [-0.25, -0.2) is 18.4 Å². The quantitative estimate of drug-likeness (QED) is 0.732. The fraction of sp³-hybridized carbons (Fsp3) is 0.429. The van der Waals surface area contributed by atoms with Gasteiger partial charge in [-0.1, -0.05) is 13.3 Å². The number of hydrogen-bond acceptors (Lipinski definition) is 5. The van der Waals surface area contributed by atoms with Crippen LogP contribution in [0.2, 0.25) is 0 Å². The first-order valence-corrected chi connectivity index (χ1v) is 8.73. The SMILES string of the molecule is CCCCN1C(=O)[C@@H](C)Nc2c1cc(C(=O)O)cc2S(N)(=O)=O. The topological polar surface area (TPSA) is 130 Å². The Morgan fingerprint density at radius 2 is 2.09 bits per heavy atom. The molecule has 8 nitrogen and oxygen atoms in total. The lowest BCUT2D eigenvalue weighted by Gasteiger charge is -2.35. The van der Waals surface area contributed by atoms with Crippen molar-refractivity contribution in [1.82, 2.24) is 0 Å². The van der Waals surface area contributed by atoms with E-state index in [1.807, 2.05) is 6.92 Å². The lowest BCUT2D eigenvalue weighted by atomic mass is 10.1. The van der Waals surface area contributed by atoms with E-state index >= 15 is 0 Å². The number of carboxylic acid groups (broad SMARTS) is 1. The van der Waals surface area contributed by atoms with Crippen LogP contribution in [-0.4, -0.2) is 38.0 Å². The van der Waals surface area contributed by atoms with Gasteiger partial charge in [0, 0.05) is 6.54 Å². The highest BCUT2D eigenvalue weighted by molar-refractivity contribution is 7.89. The number of rotatable bonds is 5. The third-order valence-electron chi connectivity index (χ3n) is 3.66. The zero-order valence-corrected chi connectivity index (χ0v) is 13.7. The van der Waals surface area contributed by atoms with Crippen LogP contribution >= 0.6 is 0 Å². The number of primary sulfonamides is 1. The molecule has 0 bridgehead atoms. The average molecular weight is 341 g/mol. The summed E-state index contributed by atoms with van der Waals surface area (Å²) in [5.74, 6) is -1.53. The monoisotopic (exact) mass is 341 g/mol. The van der Waals surface area contributed by atoms with E-state index in [0.29, 0.717) is 13.0 Å². The fourth-order valence-electron chi connectivity index (χ4n) is 2.48. The van der Waals surface area contributed by atoms with E-state index in [1.54, 1.807) is 6.92 Å². The molecule has 0 spiro atoms. The van der Waals surface area contributed by atoms with E-state index in [2.05, 4.69) is 5.32 Å². The number of unbranched alkanes of at least 4 members (excludes halogenated alkanes) is 1. The van der Waals surface area contributed by atoms with E-state index in [-0.39, 0.29) is 27.7 Å².